The van der Waals surface area contributed by atoms with Gasteiger partial charge in [-0.25, -0.2) is 4.79 Å². The van der Waals surface area contributed by atoms with Crippen LogP contribution in [0, 0.1) is 0 Å². The summed E-state index contributed by atoms with van der Waals surface area (Å²) in [6.45, 7) is 0. The molecule has 2 aliphatic rings. The topological polar surface area (TPSA) is 73.1 Å². The lowest BCUT2D eigenvalue weighted by molar-refractivity contribution is 0.103. The molecule has 0 saturated carbocycles. The van der Waals surface area contributed by atoms with Crippen molar-refractivity contribution in [3.8, 4) is 0 Å². The van der Waals surface area contributed by atoms with Crippen molar-refractivity contribution in [1.82, 2.24) is 9.13 Å². The quantitative estimate of drug-likeness (QED) is 0.619. The molecule has 0 saturated heterocycles. The molecular formula is C22H16BrN3O3. The molecule has 6 nitrogen and oxygen atoms in total. The summed E-state index contributed by atoms with van der Waals surface area (Å²) in [6.07, 6.45) is 0. The van der Waals surface area contributed by atoms with Gasteiger partial charge in [-0.15, -0.1) is 0 Å². The van der Waals surface area contributed by atoms with Crippen LogP contribution in [-0.2, 0) is 14.1 Å². The summed E-state index contributed by atoms with van der Waals surface area (Å²) in [5, 5.41) is 3.23. The van der Waals surface area contributed by atoms with Crippen LogP contribution in [0.15, 0.2) is 68.2 Å². The van der Waals surface area contributed by atoms with Gasteiger partial charge in [0, 0.05) is 41.2 Å². The molecule has 1 aromatic heterocycles. The molecule has 1 N–H and O–H groups in total. The number of carbonyl (C=O) groups excluding carboxylic acids is 1. The van der Waals surface area contributed by atoms with Gasteiger partial charge in [0.2, 0.25) is 0 Å². The van der Waals surface area contributed by atoms with Crippen LogP contribution in [-0.4, -0.2) is 14.9 Å². The number of halogens is 1. The van der Waals surface area contributed by atoms with E-state index < -0.39 is 17.2 Å². The minimum atomic E-state index is -0.579. The number of allylic oxidation sites excluding steroid dienone is 1. The van der Waals surface area contributed by atoms with Gasteiger partial charge < -0.3 is 5.32 Å². The largest absolute Gasteiger partial charge is 0.340 e. The molecule has 0 spiro atoms. The first-order valence-corrected chi connectivity index (χ1v) is 9.90. The second-order valence-electron chi connectivity index (χ2n) is 7.24. The summed E-state index contributed by atoms with van der Waals surface area (Å²) in [5.41, 5.74) is 2.95. The van der Waals surface area contributed by atoms with E-state index in [-0.39, 0.29) is 5.78 Å². The fourth-order valence-corrected chi connectivity index (χ4v) is 4.69. The van der Waals surface area contributed by atoms with Gasteiger partial charge >= 0.3 is 5.69 Å². The SMILES string of the molecule is Cn1c2c(c(=O)n(C)c1=O)C(c1cccc(Br)c1)C1=C(N2)c2ccccc2C1=O. The van der Waals surface area contributed by atoms with Crippen molar-refractivity contribution >= 4 is 33.2 Å². The summed E-state index contributed by atoms with van der Waals surface area (Å²) >= 11 is 3.49. The van der Waals surface area contributed by atoms with E-state index in [1.165, 1.54) is 11.6 Å². The maximum absolute atomic E-state index is 13.4. The first-order valence-electron chi connectivity index (χ1n) is 9.10. The van der Waals surface area contributed by atoms with E-state index in [0.29, 0.717) is 28.2 Å². The summed E-state index contributed by atoms with van der Waals surface area (Å²) < 4.78 is 3.36. The fraction of sp³-hybridized carbons (Fsp3) is 0.136. The molecule has 7 heteroatoms. The predicted molar refractivity (Wildman–Crippen MR) is 114 cm³/mol. The van der Waals surface area contributed by atoms with Gasteiger partial charge in [0.05, 0.1) is 11.3 Å². The molecule has 0 fully saturated rings. The lowest BCUT2D eigenvalue weighted by Gasteiger charge is -2.29. The van der Waals surface area contributed by atoms with Crippen molar-refractivity contribution in [2.75, 3.05) is 5.32 Å². The maximum Gasteiger partial charge on any atom is 0.332 e. The van der Waals surface area contributed by atoms with Crippen LogP contribution in [0.4, 0.5) is 5.82 Å². The highest BCUT2D eigenvalue weighted by atomic mass is 79.9. The molecule has 0 amide bonds. The van der Waals surface area contributed by atoms with Gasteiger partial charge in [-0.3, -0.25) is 18.7 Å². The average Bonchev–Trinajstić information content (AvgIpc) is 3.01. The van der Waals surface area contributed by atoms with Crippen LogP contribution in [0.25, 0.3) is 5.70 Å². The van der Waals surface area contributed by atoms with Gasteiger partial charge in [0.15, 0.2) is 5.78 Å². The van der Waals surface area contributed by atoms with Crippen LogP contribution >= 0.6 is 15.9 Å². The number of fused-ring (bicyclic) bond motifs is 3. The highest BCUT2D eigenvalue weighted by Gasteiger charge is 2.42. The molecule has 1 aliphatic heterocycles. The van der Waals surface area contributed by atoms with E-state index in [1.54, 1.807) is 13.1 Å². The minimum Gasteiger partial charge on any atom is -0.340 e. The Kier molecular flexibility index (Phi) is 3.79. The molecule has 0 bridgehead atoms. The highest BCUT2D eigenvalue weighted by molar-refractivity contribution is 9.10. The number of carbonyl (C=O) groups is 1. The van der Waals surface area contributed by atoms with Crippen molar-refractivity contribution in [2.45, 2.75) is 5.92 Å². The van der Waals surface area contributed by atoms with E-state index >= 15 is 0 Å². The summed E-state index contributed by atoms with van der Waals surface area (Å²) in [4.78, 5) is 39.1. The Balaban J connectivity index is 1.90. The summed E-state index contributed by atoms with van der Waals surface area (Å²) in [7, 11) is 3.08. The number of Topliss-reactive ketones (excluding diaryl/α,β-unsaturated/α-hetero) is 1. The molecule has 144 valence electrons. The van der Waals surface area contributed by atoms with Gasteiger partial charge in [-0.1, -0.05) is 52.3 Å². The van der Waals surface area contributed by atoms with Crippen LogP contribution in [0.2, 0.25) is 0 Å². The Hall–Kier alpha value is -3.19. The van der Waals surface area contributed by atoms with Crippen LogP contribution in [0.1, 0.15) is 33.0 Å². The number of nitrogens with one attached hydrogen (secondary N) is 1. The van der Waals surface area contributed by atoms with E-state index in [2.05, 4.69) is 21.2 Å². The first-order chi connectivity index (χ1) is 13.9. The minimum absolute atomic E-state index is 0.102. The lowest BCUT2D eigenvalue weighted by Crippen LogP contribution is -2.42. The molecule has 3 aromatic rings. The smallest absolute Gasteiger partial charge is 0.332 e. The zero-order valence-corrected chi connectivity index (χ0v) is 17.3. The zero-order chi connectivity index (χ0) is 20.4. The zero-order valence-electron chi connectivity index (χ0n) is 15.7. The molecule has 29 heavy (non-hydrogen) atoms. The number of benzene rings is 2. The van der Waals surface area contributed by atoms with Crippen LogP contribution in [0.5, 0.6) is 0 Å². The third-order valence-electron chi connectivity index (χ3n) is 5.66. The Morgan fingerprint density at radius 1 is 0.931 bits per heavy atom. The number of ketones is 1. The lowest BCUT2D eigenvalue weighted by atomic mass is 9.81. The normalized spacial score (nSPS) is 16.9. The Bertz CT molecular complexity index is 1380. The first kappa shape index (κ1) is 17.9. The van der Waals surface area contributed by atoms with E-state index in [0.717, 1.165) is 20.2 Å². The Labute approximate surface area is 174 Å². The van der Waals surface area contributed by atoms with Crippen molar-refractivity contribution in [3.05, 3.63) is 102 Å². The maximum atomic E-state index is 13.4. The van der Waals surface area contributed by atoms with Crippen molar-refractivity contribution in [2.24, 2.45) is 14.1 Å². The molecule has 1 unspecified atom stereocenters. The molecule has 5 rings (SSSR count). The number of hydrogen-bond donors (Lipinski definition) is 1. The average molecular weight is 450 g/mol. The third kappa shape index (κ3) is 2.37. The second kappa shape index (κ2) is 6.15. The van der Waals surface area contributed by atoms with Gasteiger partial charge in [-0.2, -0.15) is 0 Å². The molecule has 1 aliphatic carbocycles. The number of nitrogens with zero attached hydrogens (tertiary/aromatic N) is 2. The van der Waals surface area contributed by atoms with Gasteiger partial charge in [-0.05, 0) is 17.7 Å². The molecule has 1 atom stereocenters. The predicted octanol–water partition coefficient (Wildman–Crippen LogP) is 3.01. The Morgan fingerprint density at radius 2 is 1.66 bits per heavy atom. The van der Waals surface area contributed by atoms with Crippen LogP contribution < -0.4 is 16.6 Å². The molecule has 2 heterocycles. The summed E-state index contributed by atoms with van der Waals surface area (Å²) in [6, 6.07) is 14.9. The van der Waals surface area contributed by atoms with Crippen LogP contribution in [0.3, 0.4) is 0 Å². The molecule has 0 radical (unpaired) electrons. The molecule has 2 aromatic carbocycles. The third-order valence-corrected chi connectivity index (χ3v) is 6.15. The number of hydrogen-bond acceptors (Lipinski definition) is 4. The van der Waals surface area contributed by atoms with Crippen molar-refractivity contribution in [3.63, 3.8) is 0 Å². The van der Waals surface area contributed by atoms with E-state index in [1.807, 2.05) is 42.5 Å². The van der Waals surface area contributed by atoms with E-state index in [4.69, 9.17) is 0 Å². The Morgan fingerprint density at radius 3 is 2.38 bits per heavy atom. The van der Waals surface area contributed by atoms with Gasteiger partial charge in [0.25, 0.3) is 5.56 Å². The number of rotatable bonds is 1. The number of aromatic nitrogens is 2. The summed E-state index contributed by atoms with van der Waals surface area (Å²) in [5.74, 6) is -0.259. The second-order valence-corrected chi connectivity index (χ2v) is 8.16. The number of anilines is 1. The fourth-order valence-electron chi connectivity index (χ4n) is 4.28. The van der Waals surface area contributed by atoms with Crippen molar-refractivity contribution in [1.29, 1.82) is 0 Å². The van der Waals surface area contributed by atoms with E-state index in [9.17, 15) is 14.4 Å². The van der Waals surface area contributed by atoms with Crippen molar-refractivity contribution < 1.29 is 4.79 Å². The highest BCUT2D eigenvalue weighted by Crippen LogP contribution is 2.47. The van der Waals surface area contributed by atoms with Gasteiger partial charge in [0.1, 0.15) is 5.82 Å². The standard InChI is InChI=1S/C22H16BrN3O3/c1-25-20-17(21(28)26(2)22(25)29)15(11-6-5-7-12(23)10-11)16-18(24-20)13-8-3-4-9-14(13)19(16)27/h3-10,15,24H,1-2H3. The molecular weight excluding hydrogens is 434 g/mol. The monoisotopic (exact) mass is 449 g/mol.